The van der Waals surface area contributed by atoms with E-state index in [2.05, 4.69) is 10.1 Å². The van der Waals surface area contributed by atoms with Crippen molar-refractivity contribution >= 4 is 11.7 Å². The predicted molar refractivity (Wildman–Crippen MR) is 55.6 cm³/mol. The first-order chi connectivity index (χ1) is 7.27. The number of hydrogen-bond donors (Lipinski definition) is 0. The summed E-state index contributed by atoms with van der Waals surface area (Å²) in [6.07, 6.45) is 0. The van der Waals surface area contributed by atoms with Crippen molar-refractivity contribution in [2.24, 2.45) is 10.1 Å². The Kier molecular flexibility index (Phi) is 4.57. The van der Waals surface area contributed by atoms with E-state index in [0.29, 0.717) is 19.2 Å². The average molecular weight is 210 g/mol. The van der Waals surface area contributed by atoms with Crippen LogP contribution in [0.1, 0.15) is 6.92 Å². The van der Waals surface area contributed by atoms with Gasteiger partial charge in [-0.2, -0.15) is 5.26 Å². The number of aliphatic imine (C=N–C) groups is 1. The molecule has 15 heavy (non-hydrogen) atoms. The van der Waals surface area contributed by atoms with E-state index in [9.17, 15) is 0 Å². The van der Waals surface area contributed by atoms with Gasteiger partial charge in [0.15, 0.2) is 5.71 Å². The maximum atomic E-state index is 8.50. The van der Waals surface area contributed by atoms with Gasteiger partial charge in [-0.25, -0.2) is 4.99 Å². The first-order valence-corrected chi connectivity index (χ1v) is 4.69. The van der Waals surface area contributed by atoms with Crippen LogP contribution in [0.15, 0.2) is 10.1 Å². The van der Waals surface area contributed by atoms with Gasteiger partial charge < -0.3 is 14.5 Å². The van der Waals surface area contributed by atoms with Crippen molar-refractivity contribution in [3.63, 3.8) is 0 Å². The quantitative estimate of drug-likeness (QED) is 0.352. The fourth-order valence-electron chi connectivity index (χ4n) is 1.12. The van der Waals surface area contributed by atoms with E-state index < -0.39 is 0 Å². The second-order valence-corrected chi connectivity index (χ2v) is 2.99. The molecule has 0 N–H and O–H groups in total. The van der Waals surface area contributed by atoms with Crippen LogP contribution in [0, 0.1) is 11.3 Å². The Hall–Kier alpha value is -1.61. The van der Waals surface area contributed by atoms with Gasteiger partial charge in [0.05, 0.1) is 13.2 Å². The standard InChI is InChI=1S/C9H14N4O2/c1-8(7-10)12-15-9(11-2)13-3-5-14-6-4-13/h3-6H2,1-2H3/b11-9?,12-8+. The highest BCUT2D eigenvalue weighted by atomic mass is 16.6. The molecule has 6 nitrogen and oxygen atoms in total. The molecule has 6 heteroatoms. The highest BCUT2D eigenvalue weighted by Crippen LogP contribution is 2.00. The largest absolute Gasteiger partial charge is 0.378 e. The molecular weight excluding hydrogens is 196 g/mol. The van der Waals surface area contributed by atoms with Gasteiger partial charge in [0, 0.05) is 20.1 Å². The van der Waals surface area contributed by atoms with Crippen molar-refractivity contribution in [3.8, 4) is 6.07 Å². The second kappa shape index (κ2) is 5.98. The lowest BCUT2D eigenvalue weighted by atomic mass is 10.4. The zero-order valence-electron chi connectivity index (χ0n) is 8.93. The molecule has 1 heterocycles. The third-order valence-electron chi connectivity index (χ3n) is 1.90. The molecular formula is C9H14N4O2. The Bertz CT molecular complexity index is 300. The number of morpholine rings is 1. The lowest BCUT2D eigenvalue weighted by Gasteiger charge is -2.27. The van der Waals surface area contributed by atoms with Crippen molar-refractivity contribution in [2.45, 2.75) is 6.92 Å². The maximum Gasteiger partial charge on any atom is 0.317 e. The molecule has 1 rings (SSSR count). The molecule has 0 saturated carbocycles. The Morgan fingerprint density at radius 1 is 1.47 bits per heavy atom. The molecule has 1 aliphatic rings. The number of rotatable bonds is 1. The normalized spacial score (nSPS) is 18.6. The number of nitriles is 1. The number of nitrogens with zero attached hydrogens (tertiary/aromatic N) is 4. The Labute approximate surface area is 88.8 Å². The van der Waals surface area contributed by atoms with Gasteiger partial charge in [0.2, 0.25) is 0 Å². The van der Waals surface area contributed by atoms with E-state index in [1.165, 1.54) is 0 Å². The minimum atomic E-state index is 0.268. The van der Waals surface area contributed by atoms with Gasteiger partial charge in [-0.3, -0.25) is 0 Å². The molecule has 0 aromatic heterocycles. The lowest BCUT2D eigenvalue weighted by Crippen LogP contribution is -2.41. The predicted octanol–water partition coefficient (Wildman–Crippen LogP) is 0.220. The van der Waals surface area contributed by atoms with E-state index in [4.69, 9.17) is 14.8 Å². The van der Waals surface area contributed by atoms with Crippen LogP contribution in [-0.2, 0) is 9.57 Å². The Morgan fingerprint density at radius 2 is 2.13 bits per heavy atom. The molecule has 1 fully saturated rings. The first kappa shape index (κ1) is 11.5. The monoisotopic (exact) mass is 210 g/mol. The van der Waals surface area contributed by atoms with Gasteiger partial charge in [-0.1, -0.05) is 5.16 Å². The molecule has 82 valence electrons. The van der Waals surface area contributed by atoms with Crippen molar-refractivity contribution < 1.29 is 9.57 Å². The van der Waals surface area contributed by atoms with Crippen LogP contribution >= 0.6 is 0 Å². The summed E-state index contributed by atoms with van der Waals surface area (Å²) >= 11 is 0. The molecule has 1 aliphatic heterocycles. The van der Waals surface area contributed by atoms with Gasteiger partial charge >= 0.3 is 6.02 Å². The fourth-order valence-corrected chi connectivity index (χ4v) is 1.12. The SMILES string of the molecule is CN=C(O/N=C(\C)C#N)N1CCOCC1. The summed E-state index contributed by atoms with van der Waals surface area (Å²) < 4.78 is 5.20. The molecule has 0 radical (unpaired) electrons. The Balaban J connectivity index is 2.53. The van der Waals surface area contributed by atoms with Gasteiger partial charge in [-0.15, -0.1) is 0 Å². The smallest absolute Gasteiger partial charge is 0.317 e. The summed E-state index contributed by atoms with van der Waals surface area (Å²) in [5.74, 6) is 0. The summed E-state index contributed by atoms with van der Waals surface area (Å²) in [5.41, 5.74) is 0.268. The molecule has 0 aromatic rings. The van der Waals surface area contributed by atoms with Crippen molar-refractivity contribution in [2.75, 3.05) is 33.4 Å². The van der Waals surface area contributed by atoms with Gasteiger partial charge in [0.25, 0.3) is 0 Å². The highest BCUT2D eigenvalue weighted by Gasteiger charge is 2.16. The van der Waals surface area contributed by atoms with Crippen molar-refractivity contribution in [1.82, 2.24) is 4.90 Å². The van der Waals surface area contributed by atoms with Crippen LogP contribution in [0.5, 0.6) is 0 Å². The van der Waals surface area contributed by atoms with Crippen LogP contribution in [-0.4, -0.2) is 50.0 Å². The molecule has 0 aromatic carbocycles. The number of ether oxygens (including phenoxy) is 1. The summed E-state index contributed by atoms with van der Waals surface area (Å²) in [6, 6.07) is 2.30. The molecule has 0 amide bonds. The van der Waals surface area contributed by atoms with E-state index in [1.807, 2.05) is 11.0 Å². The van der Waals surface area contributed by atoms with Crippen LogP contribution < -0.4 is 0 Å². The fraction of sp³-hybridized carbons (Fsp3) is 0.667. The van der Waals surface area contributed by atoms with Gasteiger partial charge in [-0.05, 0) is 6.92 Å². The summed E-state index contributed by atoms with van der Waals surface area (Å²) in [4.78, 5) is 11.0. The first-order valence-electron chi connectivity index (χ1n) is 4.69. The van der Waals surface area contributed by atoms with E-state index in [-0.39, 0.29) is 5.71 Å². The average Bonchev–Trinajstić information content (AvgIpc) is 2.31. The third-order valence-corrected chi connectivity index (χ3v) is 1.90. The van der Waals surface area contributed by atoms with Crippen molar-refractivity contribution in [3.05, 3.63) is 0 Å². The highest BCUT2D eigenvalue weighted by molar-refractivity contribution is 5.96. The van der Waals surface area contributed by atoms with Crippen LogP contribution in [0.3, 0.4) is 0 Å². The number of hydrogen-bond acceptors (Lipinski definition) is 5. The molecule has 1 saturated heterocycles. The third kappa shape index (κ3) is 3.56. The molecule has 0 aliphatic carbocycles. The number of oxime groups is 1. The van der Waals surface area contributed by atoms with Crippen LogP contribution in [0.4, 0.5) is 0 Å². The van der Waals surface area contributed by atoms with Crippen LogP contribution in [0.2, 0.25) is 0 Å². The minimum Gasteiger partial charge on any atom is -0.378 e. The zero-order chi connectivity index (χ0) is 11.1. The van der Waals surface area contributed by atoms with Crippen LogP contribution in [0.25, 0.3) is 0 Å². The van der Waals surface area contributed by atoms with E-state index in [0.717, 1.165) is 13.1 Å². The molecule has 0 bridgehead atoms. The molecule has 0 spiro atoms. The number of amidine groups is 1. The maximum absolute atomic E-state index is 8.50. The summed E-state index contributed by atoms with van der Waals surface area (Å²) in [5, 5.41) is 12.1. The van der Waals surface area contributed by atoms with E-state index >= 15 is 0 Å². The summed E-state index contributed by atoms with van der Waals surface area (Å²) in [7, 11) is 1.63. The minimum absolute atomic E-state index is 0.268. The second-order valence-electron chi connectivity index (χ2n) is 2.99. The van der Waals surface area contributed by atoms with E-state index in [1.54, 1.807) is 14.0 Å². The van der Waals surface area contributed by atoms with Gasteiger partial charge in [0.1, 0.15) is 6.07 Å². The summed E-state index contributed by atoms with van der Waals surface area (Å²) in [6.45, 7) is 4.35. The zero-order valence-corrected chi connectivity index (χ0v) is 8.93. The topological polar surface area (TPSA) is 70.2 Å². The Morgan fingerprint density at radius 3 is 2.67 bits per heavy atom. The lowest BCUT2D eigenvalue weighted by molar-refractivity contribution is 0.0554. The molecule has 0 atom stereocenters. The van der Waals surface area contributed by atoms with Crippen molar-refractivity contribution in [1.29, 1.82) is 5.26 Å². The molecule has 0 unspecified atom stereocenters.